The molecule has 2 unspecified atom stereocenters. The molecule has 0 radical (unpaired) electrons. The molecule has 1 aromatic rings. The smallest absolute Gasteiger partial charge is 0.0350 e. The van der Waals surface area contributed by atoms with Gasteiger partial charge in [-0.3, -0.25) is 0 Å². The second kappa shape index (κ2) is 3.15. The maximum Gasteiger partial charge on any atom is 0.0350 e. The minimum absolute atomic E-state index is 0.631. The quantitative estimate of drug-likeness (QED) is 0.634. The average molecular weight is 175 g/mol. The topological polar surface area (TPSA) is 3.24 Å². The Morgan fingerprint density at radius 1 is 1.15 bits per heavy atom. The van der Waals surface area contributed by atoms with Crippen LogP contribution in [0.15, 0.2) is 24.3 Å². The molecule has 1 heteroatoms. The SMILES string of the molecule is CC1CC(N(C)C)c2ccccc21. The fourth-order valence-electron chi connectivity index (χ4n) is 2.34. The molecule has 1 nitrogen and oxygen atoms in total. The van der Waals surface area contributed by atoms with Crippen LogP contribution in [0.2, 0.25) is 0 Å². The van der Waals surface area contributed by atoms with Crippen molar-refractivity contribution in [2.75, 3.05) is 14.1 Å². The second-order valence-corrected chi connectivity index (χ2v) is 4.25. The molecule has 0 N–H and O–H groups in total. The highest BCUT2D eigenvalue weighted by molar-refractivity contribution is 5.37. The highest BCUT2D eigenvalue weighted by Gasteiger charge is 2.28. The van der Waals surface area contributed by atoms with Gasteiger partial charge in [0.2, 0.25) is 0 Å². The first kappa shape index (κ1) is 8.76. The third-order valence-corrected chi connectivity index (χ3v) is 3.09. The number of fused-ring (bicyclic) bond motifs is 1. The van der Waals surface area contributed by atoms with Crippen molar-refractivity contribution in [2.24, 2.45) is 0 Å². The lowest BCUT2D eigenvalue weighted by Crippen LogP contribution is -2.17. The Morgan fingerprint density at radius 2 is 1.77 bits per heavy atom. The molecule has 70 valence electrons. The van der Waals surface area contributed by atoms with E-state index in [4.69, 9.17) is 0 Å². The Kier molecular flexibility index (Phi) is 2.12. The molecular formula is C12H17N. The fourth-order valence-corrected chi connectivity index (χ4v) is 2.34. The van der Waals surface area contributed by atoms with E-state index in [1.807, 2.05) is 0 Å². The summed E-state index contributed by atoms with van der Waals surface area (Å²) < 4.78 is 0. The maximum atomic E-state index is 2.32. The molecule has 1 aromatic carbocycles. The molecule has 0 spiro atoms. The predicted molar refractivity (Wildman–Crippen MR) is 55.9 cm³/mol. The Labute approximate surface area is 80.4 Å². The lowest BCUT2D eigenvalue weighted by atomic mass is 10.0. The fraction of sp³-hybridized carbons (Fsp3) is 0.500. The summed E-state index contributed by atoms with van der Waals surface area (Å²) in [4.78, 5) is 2.32. The molecule has 0 heterocycles. The summed E-state index contributed by atoms with van der Waals surface area (Å²) in [5.74, 6) is 0.726. The highest BCUT2D eigenvalue weighted by atomic mass is 15.1. The standard InChI is InChI=1S/C12H17N/c1-9-8-12(13(2)3)11-7-5-4-6-10(9)11/h4-7,9,12H,8H2,1-3H3. The second-order valence-electron chi connectivity index (χ2n) is 4.25. The van der Waals surface area contributed by atoms with Gasteiger partial charge in [-0.15, -0.1) is 0 Å². The van der Waals surface area contributed by atoms with E-state index in [1.54, 1.807) is 5.56 Å². The number of benzene rings is 1. The first-order valence-corrected chi connectivity index (χ1v) is 4.95. The van der Waals surface area contributed by atoms with Crippen LogP contribution < -0.4 is 0 Å². The van der Waals surface area contributed by atoms with E-state index in [0.717, 1.165) is 5.92 Å². The average Bonchev–Trinajstić information content (AvgIpc) is 2.45. The summed E-state index contributed by atoms with van der Waals surface area (Å²) in [6.45, 7) is 2.32. The normalized spacial score (nSPS) is 26.5. The van der Waals surface area contributed by atoms with Crippen molar-refractivity contribution in [3.8, 4) is 0 Å². The first-order valence-electron chi connectivity index (χ1n) is 4.95. The summed E-state index contributed by atoms with van der Waals surface area (Å²) in [6.07, 6.45) is 1.27. The van der Waals surface area contributed by atoms with Crippen molar-refractivity contribution in [1.82, 2.24) is 4.90 Å². The summed E-state index contributed by atoms with van der Waals surface area (Å²) in [5, 5.41) is 0. The van der Waals surface area contributed by atoms with Crippen LogP contribution in [0.1, 0.15) is 36.4 Å². The van der Waals surface area contributed by atoms with Gasteiger partial charge in [-0.05, 0) is 37.6 Å². The predicted octanol–water partition coefficient (Wildman–Crippen LogP) is 2.80. The van der Waals surface area contributed by atoms with Gasteiger partial charge in [-0.1, -0.05) is 31.2 Å². The highest BCUT2D eigenvalue weighted by Crippen LogP contribution is 2.41. The van der Waals surface area contributed by atoms with Gasteiger partial charge in [0, 0.05) is 6.04 Å². The number of nitrogens with zero attached hydrogens (tertiary/aromatic N) is 1. The molecule has 0 saturated carbocycles. The van der Waals surface area contributed by atoms with E-state index >= 15 is 0 Å². The van der Waals surface area contributed by atoms with Crippen molar-refractivity contribution >= 4 is 0 Å². The monoisotopic (exact) mass is 175 g/mol. The van der Waals surface area contributed by atoms with Crippen molar-refractivity contribution < 1.29 is 0 Å². The number of hydrogen-bond donors (Lipinski definition) is 0. The third kappa shape index (κ3) is 1.37. The van der Waals surface area contributed by atoms with E-state index in [-0.39, 0.29) is 0 Å². The van der Waals surface area contributed by atoms with E-state index in [1.165, 1.54) is 12.0 Å². The Balaban J connectivity index is 2.41. The van der Waals surface area contributed by atoms with Crippen LogP contribution in [0.25, 0.3) is 0 Å². The van der Waals surface area contributed by atoms with Gasteiger partial charge in [0.25, 0.3) is 0 Å². The molecule has 0 fully saturated rings. The zero-order valence-electron chi connectivity index (χ0n) is 8.62. The minimum Gasteiger partial charge on any atom is -0.302 e. The van der Waals surface area contributed by atoms with Crippen LogP contribution in [-0.4, -0.2) is 19.0 Å². The molecule has 2 atom stereocenters. The minimum atomic E-state index is 0.631. The Bertz CT molecular complexity index is 304. The van der Waals surface area contributed by atoms with Crippen molar-refractivity contribution in [2.45, 2.75) is 25.3 Å². The number of hydrogen-bond acceptors (Lipinski definition) is 1. The van der Waals surface area contributed by atoms with Gasteiger partial charge in [0.15, 0.2) is 0 Å². The summed E-state index contributed by atoms with van der Waals surface area (Å²) in [7, 11) is 4.33. The Hall–Kier alpha value is -0.820. The molecule has 1 aliphatic carbocycles. The van der Waals surface area contributed by atoms with Gasteiger partial charge in [0.05, 0.1) is 0 Å². The van der Waals surface area contributed by atoms with E-state index in [9.17, 15) is 0 Å². The van der Waals surface area contributed by atoms with Gasteiger partial charge >= 0.3 is 0 Å². The van der Waals surface area contributed by atoms with Gasteiger partial charge in [0.1, 0.15) is 0 Å². The largest absolute Gasteiger partial charge is 0.302 e. The summed E-state index contributed by atoms with van der Waals surface area (Å²) >= 11 is 0. The van der Waals surface area contributed by atoms with E-state index < -0.39 is 0 Å². The zero-order valence-corrected chi connectivity index (χ0v) is 8.62. The van der Waals surface area contributed by atoms with Gasteiger partial charge in [-0.2, -0.15) is 0 Å². The molecule has 0 saturated heterocycles. The Morgan fingerprint density at radius 3 is 2.38 bits per heavy atom. The molecular weight excluding hydrogens is 158 g/mol. The van der Waals surface area contributed by atoms with Crippen molar-refractivity contribution in [1.29, 1.82) is 0 Å². The summed E-state index contributed by atoms with van der Waals surface area (Å²) in [6, 6.07) is 9.46. The molecule has 2 rings (SSSR count). The first-order chi connectivity index (χ1) is 6.20. The van der Waals surface area contributed by atoms with Crippen LogP contribution in [0, 0.1) is 0 Å². The molecule has 1 aliphatic rings. The van der Waals surface area contributed by atoms with Gasteiger partial charge in [-0.25, -0.2) is 0 Å². The third-order valence-electron chi connectivity index (χ3n) is 3.09. The van der Waals surface area contributed by atoms with Crippen LogP contribution in [0.3, 0.4) is 0 Å². The lowest BCUT2D eigenvalue weighted by molar-refractivity contribution is 0.291. The van der Waals surface area contributed by atoms with Crippen molar-refractivity contribution in [3.05, 3.63) is 35.4 Å². The molecule has 0 bridgehead atoms. The van der Waals surface area contributed by atoms with Crippen LogP contribution in [0.4, 0.5) is 0 Å². The molecule has 0 aliphatic heterocycles. The lowest BCUT2D eigenvalue weighted by Gasteiger charge is -2.19. The van der Waals surface area contributed by atoms with Crippen molar-refractivity contribution in [3.63, 3.8) is 0 Å². The van der Waals surface area contributed by atoms with Crippen LogP contribution >= 0.6 is 0 Å². The van der Waals surface area contributed by atoms with Gasteiger partial charge < -0.3 is 4.90 Å². The maximum absolute atomic E-state index is 2.32. The number of rotatable bonds is 1. The molecule has 0 aromatic heterocycles. The van der Waals surface area contributed by atoms with E-state index in [2.05, 4.69) is 50.2 Å². The van der Waals surface area contributed by atoms with Crippen LogP contribution in [-0.2, 0) is 0 Å². The summed E-state index contributed by atoms with van der Waals surface area (Å²) in [5.41, 5.74) is 3.07. The van der Waals surface area contributed by atoms with E-state index in [0.29, 0.717) is 6.04 Å². The molecule has 13 heavy (non-hydrogen) atoms. The van der Waals surface area contributed by atoms with Crippen LogP contribution in [0.5, 0.6) is 0 Å². The molecule has 0 amide bonds. The zero-order chi connectivity index (χ0) is 9.42.